The molecule has 88 valence electrons. The van der Waals surface area contributed by atoms with E-state index in [4.69, 9.17) is 0 Å². The molecular weight excluding hydrogens is 222 g/mol. The maximum absolute atomic E-state index is 11.7. The van der Waals surface area contributed by atoms with Gasteiger partial charge in [0.25, 0.3) is 0 Å². The van der Waals surface area contributed by atoms with E-state index in [0.29, 0.717) is 5.13 Å². The van der Waals surface area contributed by atoms with E-state index >= 15 is 0 Å². The van der Waals surface area contributed by atoms with Gasteiger partial charge in [0.1, 0.15) is 0 Å². The molecule has 0 aromatic carbocycles. The van der Waals surface area contributed by atoms with Gasteiger partial charge in [-0.25, -0.2) is 4.98 Å². The number of carbonyl (C=O) groups is 1. The van der Waals surface area contributed by atoms with Crippen LogP contribution < -0.4 is 10.6 Å². The van der Waals surface area contributed by atoms with Gasteiger partial charge in [0.2, 0.25) is 5.91 Å². The third-order valence-electron chi connectivity index (χ3n) is 2.66. The minimum absolute atomic E-state index is 0.0392. The molecule has 1 aliphatic rings. The summed E-state index contributed by atoms with van der Waals surface area (Å²) >= 11 is 1.49. The van der Waals surface area contributed by atoms with Crippen molar-refractivity contribution in [2.24, 2.45) is 5.92 Å². The molecule has 1 amide bonds. The zero-order chi connectivity index (χ0) is 11.8. The van der Waals surface area contributed by atoms with Gasteiger partial charge >= 0.3 is 0 Å². The van der Waals surface area contributed by atoms with Crippen molar-refractivity contribution >= 4 is 22.4 Å². The lowest BCUT2D eigenvalue weighted by Gasteiger charge is -2.25. The summed E-state index contributed by atoms with van der Waals surface area (Å²) in [6, 6.07) is 0. The van der Waals surface area contributed by atoms with Gasteiger partial charge in [-0.2, -0.15) is 0 Å². The lowest BCUT2D eigenvalue weighted by Crippen LogP contribution is -2.48. The normalized spacial score (nSPS) is 16.9. The minimum atomic E-state index is 0.0392. The number of nitrogens with one attached hydrogen (secondary N) is 2. The van der Waals surface area contributed by atoms with Gasteiger partial charge in [0.05, 0.1) is 11.6 Å². The second-order valence-corrected chi connectivity index (χ2v) is 5.99. The Bertz CT molecular complexity index is 390. The standard InChI is InChI=1S/C11H17N3OS/c1-11(2,3)8-6-16-10(13-8)14-9(15)7-4-12-5-7/h6-7,12H,4-5H2,1-3H3,(H,13,14,15). The van der Waals surface area contributed by atoms with Crippen molar-refractivity contribution < 1.29 is 4.79 Å². The van der Waals surface area contributed by atoms with Gasteiger partial charge in [0.15, 0.2) is 5.13 Å². The predicted molar refractivity (Wildman–Crippen MR) is 65.8 cm³/mol. The summed E-state index contributed by atoms with van der Waals surface area (Å²) in [5.41, 5.74) is 1.07. The second kappa shape index (κ2) is 4.14. The summed E-state index contributed by atoms with van der Waals surface area (Å²) in [5.74, 6) is 0.190. The Kier molecular flexibility index (Phi) is 2.99. The molecule has 2 heterocycles. The highest BCUT2D eigenvalue weighted by molar-refractivity contribution is 7.13. The molecule has 0 unspecified atom stereocenters. The number of hydrogen-bond acceptors (Lipinski definition) is 4. The average molecular weight is 239 g/mol. The fourth-order valence-electron chi connectivity index (χ4n) is 1.36. The number of thiazole rings is 1. The smallest absolute Gasteiger partial charge is 0.231 e. The molecule has 2 rings (SSSR count). The number of hydrogen-bond donors (Lipinski definition) is 2. The zero-order valence-corrected chi connectivity index (χ0v) is 10.6. The van der Waals surface area contributed by atoms with Crippen molar-refractivity contribution in [3.05, 3.63) is 11.1 Å². The molecule has 4 nitrogen and oxygen atoms in total. The average Bonchev–Trinajstić information content (AvgIpc) is 2.47. The SMILES string of the molecule is CC(C)(C)c1csc(NC(=O)C2CNC2)n1. The van der Waals surface area contributed by atoms with Crippen LogP contribution in [0.5, 0.6) is 0 Å². The molecule has 0 radical (unpaired) electrons. The highest BCUT2D eigenvalue weighted by atomic mass is 32.1. The topological polar surface area (TPSA) is 54.0 Å². The Hall–Kier alpha value is -0.940. The van der Waals surface area contributed by atoms with Crippen molar-refractivity contribution in [2.45, 2.75) is 26.2 Å². The monoisotopic (exact) mass is 239 g/mol. The maximum atomic E-state index is 11.7. The number of rotatable bonds is 2. The third-order valence-corrected chi connectivity index (χ3v) is 3.41. The van der Waals surface area contributed by atoms with E-state index in [-0.39, 0.29) is 17.2 Å². The van der Waals surface area contributed by atoms with Crippen molar-refractivity contribution in [1.82, 2.24) is 10.3 Å². The first kappa shape index (κ1) is 11.5. The minimum Gasteiger partial charge on any atom is -0.315 e. The van der Waals surface area contributed by atoms with Crippen molar-refractivity contribution in [3.8, 4) is 0 Å². The molecule has 1 saturated heterocycles. The first-order valence-corrected chi connectivity index (χ1v) is 6.32. The van der Waals surface area contributed by atoms with Crippen LogP contribution in [0.3, 0.4) is 0 Å². The lowest BCUT2D eigenvalue weighted by atomic mass is 9.93. The fraction of sp³-hybridized carbons (Fsp3) is 0.636. The first-order chi connectivity index (χ1) is 7.47. The van der Waals surface area contributed by atoms with Gasteiger partial charge in [-0.1, -0.05) is 20.8 Å². The van der Waals surface area contributed by atoms with Crippen LogP contribution in [0, 0.1) is 5.92 Å². The number of anilines is 1. The Labute approximate surface area is 99.5 Å². The highest BCUT2D eigenvalue weighted by Crippen LogP contribution is 2.26. The van der Waals surface area contributed by atoms with Crippen LogP contribution in [0.25, 0.3) is 0 Å². The second-order valence-electron chi connectivity index (χ2n) is 5.13. The third kappa shape index (κ3) is 2.41. The summed E-state index contributed by atoms with van der Waals surface area (Å²) in [4.78, 5) is 16.1. The Morgan fingerprint density at radius 1 is 1.56 bits per heavy atom. The van der Waals surface area contributed by atoms with E-state index in [2.05, 4.69) is 36.4 Å². The van der Waals surface area contributed by atoms with E-state index in [1.807, 2.05) is 5.38 Å². The fourth-order valence-corrected chi connectivity index (χ4v) is 2.30. The molecule has 0 aliphatic carbocycles. The van der Waals surface area contributed by atoms with Crippen LogP contribution >= 0.6 is 11.3 Å². The molecule has 0 saturated carbocycles. The zero-order valence-electron chi connectivity index (χ0n) is 9.83. The molecule has 1 aliphatic heterocycles. The summed E-state index contributed by atoms with van der Waals surface area (Å²) < 4.78 is 0. The van der Waals surface area contributed by atoms with Crippen LogP contribution in [0.15, 0.2) is 5.38 Å². The predicted octanol–water partition coefficient (Wildman–Crippen LogP) is 1.60. The highest BCUT2D eigenvalue weighted by Gasteiger charge is 2.26. The molecule has 0 spiro atoms. The number of amides is 1. The number of carbonyl (C=O) groups excluding carboxylic acids is 1. The molecule has 1 aromatic heterocycles. The number of nitrogens with zero attached hydrogens (tertiary/aromatic N) is 1. The van der Waals surface area contributed by atoms with Crippen LogP contribution in [0.1, 0.15) is 26.5 Å². The van der Waals surface area contributed by atoms with Crippen LogP contribution in [0.2, 0.25) is 0 Å². The molecular formula is C11H17N3OS. The first-order valence-electron chi connectivity index (χ1n) is 5.44. The van der Waals surface area contributed by atoms with E-state index in [1.165, 1.54) is 11.3 Å². The quantitative estimate of drug-likeness (QED) is 0.824. The van der Waals surface area contributed by atoms with Gasteiger partial charge in [0, 0.05) is 23.9 Å². The van der Waals surface area contributed by atoms with Gasteiger partial charge in [-0.3, -0.25) is 4.79 Å². The summed E-state index contributed by atoms with van der Waals surface area (Å²) in [6.45, 7) is 7.91. The molecule has 2 N–H and O–H groups in total. The van der Waals surface area contributed by atoms with E-state index < -0.39 is 0 Å². The molecule has 0 atom stereocenters. The Morgan fingerprint density at radius 3 is 2.69 bits per heavy atom. The lowest BCUT2D eigenvalue weighted by molar-refractivity contribution is -0.121. The van der Waals surface area contributed by atoms with Crippen molar-refractivity contribution in [2.75, 3.05) is 18.4 Å². The maximum Gasteiger partial charge on any atom is 0.231 e. The molecule has 16 heavy (non-hydrogen) atoms. The van der Waals surface area contributed by atoms with Crippen molar-refractivity contribution in [1.29, 1.82) is 0 Å². The summed E-state index contributed by atoms with van der Waals surface area (Å²) in [5, 5.41) is 8.66. The van der Waals surface area contributed by atoms with Crippen LogP contribution in [0.4, 0.5) is 5.13 Å². The Balaban J connectivity index is 1.99. The van der Waals surface area contributed by atoms with Crippen molar-refractivity contribution in [3.63, 3.8) is 0 Å². The van der Waals surface area contributed by atoms with E-state index in [1.54, 1.807) is 0 Å². The van der Waals surface area contributed by atoms with E-state index in [9.17, 15) is 4.79 Å². The van der Waals surface area contributed by atoms with Crippen LogP contribution in [-0.2, 0) is 10.2 Å². The summed E-state index contributed by atoms with van der Waals surface area (Å²) in [7, 11) is 0. The largest absolute Gasteiger partial charge is 0.315 e. The van der Waals surface area contributed by atoms with Crippen LogP contribution in [-0.4, -0.2) is 24.0 Å². The van der Waals surface area contributed by atoms with E-state index in [0.717, 1.165) is 18.8 Å². The Morgan fingerprint density at radius 2 is 2.25 bits per heavy atom. The number of aromatic nitrogens is 1. The summed E-state index contributed by atoms with van der Waals surface area (Å²) in [6.07, 6.45) is 0. The molecule has 1 aromatic rings. The van der Waals surface area contributed by atoms with Gasteiger partial charge < -0.3 is 10.6 Å². The molecule has 5 heteroatoms. The molecule has 0 bridgehead atoms. The van der Waals surface area contributed by atoms with Gasteiger partial charge in [-0.15, -0.1) is 11.3 Å². The molecule has 1 fully saturated rings. The van der Waals surface area contributed by atoms with Gasteiger partial charge in [-0.05, 0) is 0 Å².